The Labute approximate surface area is 155 Å². The van der Waals surface area contributed by atoms with Crippen LogP contribution in [0.25, 0.3) is 0 Å². The van der Waals surface area contributed by atoms with Gasteiger partial charge in [0.05, 0.1) is 11.8 Å². The highest BCUT2D eigenvalue weighted by Crippen LogP contribution is 2.33. The lowest BCUT2D eigenvalue weighted by Gasteiger charge is -2.39. The molecule has 8 heteroatoms. The number of hydrogen-bond donors (Lipinski definition) is 2. The van der Waals surface area contributed by atoms with E-state index < -0.39 is 11.7 Å². The summed E-state index contributed by atoms with van der Waals surface area (Å²) < 4.78 is 43.9. The van der Waals surface area contributed by atoms with Gasteiger partial charge in [-0.15, -0.1) is 0 Å². The fourth-order valence-electron chi connectivity index (χ4n) is 3.62. The Morgan fingerprint density at radius 3 is 2.52 bits per heavy atom. The van der Waals surface area contributed by atoms with Crippen molar-refractivity contribution in [3.05, 3.63) is 48.2 Å². The summed E-state index contributed by atoms with van der Waals surface area (Å²) in [5, 5.41) is 6.89. The first-order valence-electron chi connectivity index (χ1n) is 8.96. The number of alkyl halides is 3. The van der Waals surface area contributed by atoms with E-state index in [0.717, 1.165) is 57.1 Å². The summed E-state index contributed by atoms with van der Waals surface area (Å²) >= 11 is 0. The minimum absolute atomic E-state index is 0.138. The molecular formula is C19H21F3N4O. The van der Waals surface area contributed by atoms with Gasteiger partial charge in [-0.05, 0) is 43.2 Å². The van der Waals surface area contributed by atoms with Crippen molar-refractivity contribution in [1.82, 2.24) is 15.6 Å². The number of anilines is 1. The lowest BCUT2D eigenvalue weighted by molar-refractivity contribution is -0.137. The molecule has 0 saturated carbocycles. The molecule has 2 aromatic rings. The van der Waals surface area contributed by atoms with Crippen LogP contribution in [0.3, 0.4) is 0 Å². The zero-order valence-corrected chi connectivity index (χ0v) is 14.7. The second-order valence-corrected chi connectivity index (χ2v) is 7.03. The van der Waals surface area contributed by atoms with Crippen molar-refractivity contribution < 1.29 is 17.9 Å². The van der Waals surface area contributed by atoms with Gasteiger partial charge in [0.15, 0.2) is 0 Å². The first-order chi connectivity index (χ1) is 12.9. The lowest BCUT2D eigenvalue weighted by Crippen LogP contribution is -2.52. The van der Waals surface area contributed by atoms with Crippen molar-refractivity contribution in [2.45, 2.75) is 24.6 Å². The Balaban J connectivity index is 1.40. The zero-order chi connectivity index (χ0) is 18.9. The van der Waals surface area contributed by atoms with Crippen LogP contribution in [-0.4, -0.2) is 36.8 Å². The quantitative estimate of drug-likeness (QED) is 0.858. The molecule has 0 radical (unpaired) electrons. The second kappa shape index (κ2) is 7.01. The van der Waals surface area contributed by atoms with Crippen LogP contribution < -0.4 is 20.3 Å². The molecule has 0 unspecified atom stereocenters. The van der Waals surface area contributed by atoms with E-state index in [1.165, 1.54) is 12.1 Å². The third kappa shape index (κ3) is 4.01. The van der Waals surface area contributed by atoms with E-state index >= 15 is 0 Å². The number of benzene rings is 1. The van der Waals surface area contributed by atoms with Gasteiger partial charge in [0.25, 0.3) is 0 Å². The Hall–Kier alpha value is -2.32. The largest absolute Gasteiger partial charge is 0.456 e. The molecule has 2 N–H and O–H groups in total. The van der Waals surface area contributed by atoms with E-state index in [9.17, 15) is 13.2 Å². The summed E-state index contributed by atoms with van der Waals surface area (Å²) in [6, 6.07) is 8.42. The van der Waals surface area contributed by atoms with Crippen LogP contribution in [0.15, 0.2) is 42.6 Å². The summed E-state index contributed by atoms with van der Waals surface area (Å²) in [7, 11) is 0. The van der Waals surface area contributed by atoms with Gasteiger partial charge in [-0.1, -0.05) is 6.07 Å². The number of hydrogen-bond acceptors (Lipinski definition) is 5. The molecule has 27 heavy (non-hydrogen) atoms. The van der Waals surface area contributed by atoms with E-state index in [1.807, 2.05) is 6.07 Å². The molecule has 1 aromatic carbocycles. The Kier molecular flexibility index (Phi) is 4.69. The van der Waals surface area contributed by atoms with Crippen molar-refractivity contribution in [1.29, 1.82) is 0 Å². The first-order valence-corrected chi connectivity index (χ1v) is 8.96. The maximum absolute atomic E-state index is 12.8. The predicted molar refractivity (Wildman–Crippen MR) is 95.9 cm³/mol. The number of pyridine rings is 1. The molecule has 2 fully saturated rings. The molecule has 0 bridgehead atoms. The van der Waals surface area contributed by atoms with Gasteiger partial charge in [0.1, 0.15) is 17.3 Å². The maximum atomic E-state index is 12.8. The molecule has 2 aliphatic heterocycles. The van der Waals surface area contributed by atoms with Gasteiger partial charge < -0.3 is 15.0 Å². The van der Waals surface area contributed by atoms with E-state index in [4.69, 9.17) is 4.74 Å². The molecule has 0 atom stereocenters. The number of piperidine rings is 1. The average molecular weight is 378 g/mol. The summed E-state index contributed by atoms with van der Waals surface area (Å²) in [6.07, 6.45) is -0.750. The summed E-state index contributed by atoms with van der Waals surface area (Å²) in [6.45, 7) is 3.68. The molecule has 0 amide bonds. The monoisotopic (exact) mass is 378 g/mol. The number of halogens is 3. The topological polar surface area (TPSA) is 49.4 Å². The molecule has 2 saturated heterocycles. The van der Waals surface area contributed by atoms with E-state index in [1.54, 1.807) is 12.3 Å². The molecule has 144 valence electrons. The molecule has 1 spiro atoms. The van der Waals surface area contributed by atoms with Crippen LogP contribution in [-0.2, 0) is 6.18 Å². The van der Waals surface area contributed by atoms with Crippen LogP contribution in [0.1, 0.15) is 18.4 Å². The molecule has 4 rings (SSSR count). The minimum Gasteiger partial charge on any atom is -0.456 e. The van der Waals surface area contributed by atoms with Gasteiger partial charge in [-0.3, -0.25) is 5.32 Å². The standard InChI is InChI=1S/C19H21F3N4O/c20-19(21,22)14-2-1-3-15(10-14)27-16-4-5-17(24-11-16)26-8-6-18(7-9-26)12-23-13-25-18/h1-5,10-11,23,25H,6-9,12-13H2. The van der Waals surface area contributed by atoms with Crippen molar-refractivity contribution in [2.24, 2.45) is 0 Å². The van der Waals surface area contributed by atoms with Crippen LogP contribution in [0.4, 0.5) is 19.0 Å². The molecule has 2 aliphatic rings. The van der Waals surface area contributed by atoms with E-state index in [-0.39, 0.29) is 11.3 Å². The van der Waals surface area contributed by atoms with Crippen LogP contribution in [0.2, 0.25) is 0 Å². The van der Waals surface area contributed by atoms with E-state index in [2.05, 4.69) is 20.5 Å². The number of rotatable bonds is 3. The van der Waals surface area contributed by atoms with Crippen molar-refractivity contribution >= 4 is 5.82 Å². The molecule has 5 nitrogen and oxygen atoms in total. The van der Waals surface area contributed by atoms with E-state index in [0.29, 0.717) is 5.75 Å². The Morgan fingerprint density at radius 2 is 1.89 bits per heavy atom. The SMILES string of the molecule is FC(F)(F)c1cccc(Oc2ccc(N3CCC4(CC3)CNCN4)nc2)c1. The van der Waals surface area contributed by atoms with Crippen molar-refractivity contribution in [2.75, 3.05) is 31.2 Å². The van der Waals surface area contributed by atoms with Gasteiger partial charge in [0.2, 0.25) is 0 Å². The minimum atomic E-state index is -4.39. The van der Waals surface area contributed by atoms with Crippen LogP contribution in [0, 0.1) is 0 Å². The summed E-state index contributed by atoms with van der Waals surface area (Å²) in [5.41, 5.74) is -0.537. The second-order valence-electron chi connectivity index (χ2n) is 7.03. The highest BCUT2D eigenvalue weighted by atomic mass is 19.4. The van der Waals surface area contributed by atoms with Gasteiger partial charge in [-0.25, -0.2) is 4.98 Å². The number of nitrogens with one attached hydrogen (secondary N) is 2. The lowest BCUT2D eigenvalue weighted by atomic mass is 9.88. The third-order valence-corrected chi connectivity index (χ3v) is 5.21. The maximum Gasteiger partial charge on any atom is 0.416 e. The zero-order valence-electron chi connectivity index (χ0n) is 14.7. The molecule has 1 aromatic heterocycles. The predicted octanol–water partition coefficient (Wildman–Crippen LogP) is 3.38. The van der Waals surface area contributed by atoms with Gasteiger partial charge in [0, 0.05) is 31.8 Å². The van der Waals surface area contributed by atoms with Crippen LogP contribution in [0.5, 0.6) is 11.5 Å². The number of nitrogens with zero attached hydrogens (tertiary/aromatic N) is 2. The van der Waals surface area contributed by atoms with Gasteiger partial charge in [-0.2, -0.15) is 13.2 Å². The smallest absolute Gasteiger partial charge is 0.416 e. The van der Waals surface area contributed by atoms with Gasteiger partial charge >= 0.3 is 6.18 Å². The Morgan fingerprint density at radius 1 is 1.07 bits per heavy atom. The third-order valence-electron chi connectivity index (χ3n) is 5.21. The molecular weight excluding hydrogens is 357 g/mol. The fourth-order valence-corrected chi connectivity index (χ4v) is 3.62. The normalized spacial score (nSPS) is 19.4. The highest BCUT2D eigenvalue weighted by molar-refractivity contribution is 5.43. The number of ether oxygens (including phenoxy) is 1. The Bertz CT molecular complexity index is 778. The summed E-state index contributed by atoms with van der Waals surface area (Å²) in [4.78, 5) is 6.65. The first kappa shape index (κ1) is 18.1. The van der Waals surface area contributed by atoms with Crippen molar-refractivity contribution in [3.8, 4) is 11.5 Å². The van der Waals surface area contributed by atoms with Crippen molar-refractivity contribution in [3.63, 3.8) is 0 Å². The van der Waals surface area contributed by atoms with Crippen LogP contribution >= 0.6 is 0 Å². The summed E-state index contributed by atoms with van der Waals surface area (Å²) in [5.74, 6) is 1.40. The molecule has 3 heterocycles. The molecule has 0 aliphatic carbocycles. The number of aromatic nitrogens is 1. The average Bonchev–Trinajstić information content (AvgIpc) is 3.11. The highest BCUT2D eigenvalue weighted by Gasteiger charge is 2.37. The fraction of sp³-hybridized carbons (Fsp3) is 0.421.